The van der Waals surface area contributed by atoms with Gasteiger partial charge in [-0.1, -0.05) is 43.6 Å². The number of carboxylic acid groups (broad SMARTS) is 1. The van der Waals surface area contributed by atoms with E-state index < -0.39 is 11.4 Å². The summed E-state index contributed by atoms with van der Waals surface area (Å²) in [7, 11) is 6.25. The average molecular weight is 538 g/mol. The highest BCUT2D eigenvalue weighted by atomic mass is 35.5. The molecule has 0 saturated heterocycles. The lowest BCUT2D eigenvalue weighted by Crippen LogP contribution is -3.00. The largest absolute Gasteiger partial charge is 1.00 e. The van der Waals surface area contributed by atoms with Crippen LogP contribution < -0.4 is 17.1 Å². The molecule has 0 aliphatic carbocycles. The van der Waals surface area contributed by atoms with Crippen molar-refractivity contribution in [3.05, 3.63) is 29.8 Å². The van der Waals surface area contributed by atoms with E-state index in [4.69, 9.17) is 14.6 Å². The number of nitrogens with zero attached hydrogens (tertiary/aromatic N) is 1. The Morgan fingerprint density at radius 3 is 1.53 bits per heavy atom. The van der Waals surface area contributed by atoms with Crippen LogP contribution in [0.1, 0.15) is 94.4 Å². The van der Waals surface area contributed by atoms with E-state index in [1.807, 2.05) is 27.7 Å². The molecule has 1 rings (SSSR count). The number of benzene rings is 1. The molecule has 0 aliphatic heterocycles. The van der Waals surface area contributed by atoms with Crippen molar-refractivity contribution in [3.63, 3.8) is 0 Å². The van der Waals surface area contributed by atoms with Crippen LogP contribution in [0.3, 0.4) is 0 Å². The van der Waals surface area contributed by atoms with Crippen molar-refractivity contribution in [2.45, 2.75) is 84.1 Å². The van der Waals surface area contributed by atoms with E-state index in [2.05, 4.69) is 21.1 Å². The lowest BCUT2D eigenvalue weighted by Gasteiger charge is -2.25. The fourth-order valence-corrected chi connectivity index (χ4v) is 1.81. The van der Waals surface area contributed by atoms with Crippen LogP contribution in [0.15, 0.2) is 24.3 Å². The summed E-state index contributed by atoms with van der Waals surface area (Å²) in [5.41, 5.74) is -0.712. The first kappa shape index (κ1) is 47.1. The molecule has 1 aromatic carbocycles. The summed E-state index contributed by atoms with van der Waals surface area (Å²) in [6.45, 7) is 12.7. The summed E-state index contributed by atoms with van der Waals surface area (Å²) >= 11 is 0. The number of carbonyl (C=O) groups is 3. The standard InChI is InChI=1S/C13H16O4.C11H24NO2.4CH4.ClH/c1-4-13(2,3)12(16)17-10-7-5-9(6-8-10)11(14)15;1-7-11(2,3)10(13)14-9-8-12(4,5)6;;;;;/h5-8H,4H2,1-3H3,(H,14,15);7-9H2,1-6H3;4*1H4;1H/q;+1;;;;;/p-1. The Labute approximate surface area is 228 Å². The number of hydrogen-bond acceptors (Lipinski definition) is 5. The molecule has 0 saturated carbocycles. The van der Waals surface area contributed by atoms with Gasteiger partial charge in [-0.3, -0.25) is 9.59 Å². The van der Waals surface area contributed by atoms with Crippen molar-refractivity contribution in [1.29, 1.82) is 0 Å². The molecule has 0 bridgehead atoms. The van der Waals surface area contributed by atoms with Gasteiger partial charge in [-0.05, 0) is 64.8 Å². The summed E-state index contributed by atoms with van der Waals surface area (Å²) in [5.74, 6) is -1.05. The van der Waals surface area contributed by atoms with Gasteiger partial charge in [0.05, 0.1) is 37.5 Å². The number of rotatable bonds is 9. The Kier molecular flexibility index (Phi) is 26.2. The topological polar surface area (TPSA) is 89.9 Å². The van der Waals surface area contributed by atoms with Crippen LogP contribution in [0.2, 0.25) is 0 Å². The summed E-state index contributed by atoms with van der Waals surface area (Å²) in [5, 5.41) is 8.72. The minimum absolute atomic E-state index is 0. The molecule has 36 heavy (non-hydrogen) atoms. The molecule has 1 aromatic rings. The van der Waals surface area contributed by atoms with Crippen molar-refractivity contribution in [2.75, 3.05) is 34.3 Å². The number of halogens is 1. The van der Waals surface area contributed by atoms with Crippen LogP contribution in [-0.2, 0) is 14.3 Å². The van der Waals surface area contributed by atoms with E-state index in [1.165, 1.54) is 24.3 Å². The molecule has 1 N–H and O–H groups in total. The van der Waals surface area contributed by atoms with Crippen molar-refractivity contribution in [2.24, 2.45) is 10.8 Å². The highest BCUT2D eigenvalue weighted by Gasteiger charge is 2.28. The zero-order chi connectivity index (χ0) is 24.5. The number of carbonyl (C=O) groups excluding carboxylic acids is 2. The van der Waals surface area contributed by atoms with Crippen LogP contribution in [0.25, 0.3) is 0 Å². The van der Waals surface area contributed by atoms with E-state index >= 15 is 0 Å². The van der Waals surface area contributed by atoms with Gasteiger partial charge in [-0.15, -0.1) is 0 Å². The fraction of sp³-hybridized carbons (Fsp3) is 0.679. The maximum absolute atomic E-state index is 11.7. The molecule has 0 spiro atoms. The second kappa shape index (κ2) is 20.0. The zero-order valence-corrected chi connectivity index (χ0v) is 21.7. The Hall–Kier alpha value is -2.12. The SMILES string of the molecule is C.C.C.C.CCC(C)(C)C(=O)OCC[N+](C)(C)C.CCC(C)(C)C(=O)Oc1ccc(C(=O)O)cc1.[Cl-]. The molecule has 0 unspecified atom stereocenters. The third-order valence-electron chi connectivity index (χ3n) is 5.18. The molecular formula is C28H56ClNO6. The van der Waals surface area contributed by atoms with Gasteiger partial charge < -0.3 is 31.5 Å². The van der Waals surface area contributed by atoms with Crippen molar-refractivity contribution in [3.8, 4) is 5.75 Å². The lowest BCUT2D eigenvalue weighted by molar-refractivity contribution is -0.870. The van der Waals surface area contributed by atoms with Gasteiger partial charge in [0.1, 0.15) is 18.9 Å². The van der Waals surface area contributed by atoms with Gasteiger partial charge >= 0.3 is 17.9 Å². The summed E-state index contributed by atoms with van der Waals surface area (Å²) < 4.78 is 11.2. The number of likely N-dealkylation sites (N-methyl/N-ethyl adjacent to an activating group) is 1. The maximum Gasteiger partial charge on any atom is 0.335 e. The minimum atomic E-state index is -1.00. The molecular weight excluding hydrogens is 482 g/mol. The van der Waals surface area contributed by atoms with Crippen LogP contribution in [0, 0.1) is 10.8 Å². The van der Waals surface area contributed by atoms with E-state index in [9.17, 15) is 14.4 Å². The average Bonchev–Trinajstić information content (AvgIpc) is 2.67. The lowest BCUT2D eigenvalue weighted by atomic mass is 9.91. The molecule has 0 radical (unpaired) electrons. The first-order valence-corrected chi connectivity index (χ1v) is 10.6. The van der Waals surface area contributed by atoms with E-state index in [1.54, 1.807) is 13.8 Å². The Morgan fingerprint density at radius 2 is 1.19 bits per heavy atom. The number of ether oxygens (including phenoxy) is 2. The highest BCUT2D eigenvalue weighted by Crippen LogP contribution is 2.24. The third kappa shape index (κ3) is 18.2. The van der Waals surface area contributed by atoms with Crippen molar-refractivity contribution in [1.82, 2.24) is 0 Å². The number of carboxylic acids is 1. The van der Waals surface area contributed by atoms with Gasteiger partial charge in [0, 0.05) is 0 Å². The molecule has 0 atom stereocenters. The smallest absolute Gasteiger partial charge is 0.335 e. The number of quaternary nitrogens is 1. The molecule has 8 heteroatoms. The minimum Gasteiger partial charge on any atom is -1.00 e. The third-order valence-corrected chi connectivity index (χ3v) is 5.18. The molecule has 0 aliphatic rings. The molecule has 7 nitrogen and oxygen atoms in total. The molecule has 0 heterocycles. The van der Waals surface area contributed by atoms with Gasteiger partial charge in [0.15, 0.2) is 0 Å². The number of esters is 2. The van der Waals surface area contributed by atoms with E-state index in [0.717, 1.165) is 17.4 Å². The van der Waals surface area contributed by atoms with Gasteiger partial charge in [-0.2, -0.15) is 0 Å². The maximum atomic E-state index is 11.7. The number of hydrogen-bond donors (Lipinski definition) is 1. The monoisotopic (exact) mass is 537 g/mol. The second-order valence-electron chi connectivity index (χ2n) is 9.84. The zero-order valence-electron chi connectivity index (χ0n) is 21.0. The molecule has 0 amide bonds. The first-order valence-electron chi connectivity index (χ1n) is 10.6. The second-order valence-corrected chi connectivity index (χ2v) is 9.84. The van der Waals surface area contributed by atoms with Crippen molar-refractivity contribution < 1.29 is 45.9 Å². The predicted octanol–water partition coefficient (Wildman–Crippen LogP) is 3.95. The van der Waals surface area contributed by atoms with Gasteiger partial charge in [0.25, 0.3) is 0 Å². The Morgan fingerprint density at radius 1 is 0.806 bits per heavy atom. The Bertz CT molecular complexity index is 737. The van der Waals surface area contributed by atoms with Gasteiger partial charge in [-0.25, -0.2) is 4.79 Å². The predicted molar refractivity (Wildman–Crippen MR) is 148 cm³/mol. The molecule has 0 fully saturated rings. The van der Waals surface area contributed by atoms with E-state index in [0.29, 0.717) is 18.8 Å². The normalized spacial score (nSPS) is 10.1. The summed E-state index contributed by atoms with van der Waals surface area (Å²) in [6, 6.07) is 5.77. The van der Waals surface area contributed by atoms with E-state index in [-0.39, 0.29) is 65.0 Å². The summed E-state index contributed by atoms with van der Waals surface area (Å²) in [4.78, 5) is 33.9. The fourth-order valence-electron chi connectivity index (χ4n) is 1.81. The summed E-state index contributed by atoms with van der Waals surface area (Å²) in [6.07, 6.45) is 1.50. The quantitative estimate of drug-likeness (QED) is 0.291. The highest BCUT2D eigenvalue weighted by molar-refractivity contribution is 5.87. The first-order chi connectivity index (χ1) is 14.1. The Balaban J connectivity index is -0.000000111. The van der Waals surface area contributed by atoms with Crippen molar-refractivity contribution >= 4 is 17.9 Å². The van der Waals surface area contributed by atoms with Crippen LogP contribution in [0.4, 0.5) is 0 Å². The molecule has 0 aromatic heterocycles. The van der Waals surface area contributed by atoms with Crippen LogP contribution in [0.5, 0.6) is 5.75 Å². The number of aromatic carboxylic acids is 1. The van der Waals surface area contributed by atoms with Gasteiger partial charge in [0.2, 0.25) is 0 Å². The van der Waals surface area contributed by atoms with Crippen LogP contribution in [-0.4, -0.2) is 61.8 Å². The van der Waals surface area contributed by atoms with Crippen LogP contribution >= 0.6 is 0 Å². The molecule has 216 valence electrons.